The highest BCUT2D eigenvalue weighted by atomic mass is 15.1. The van der Waals surface area contributed by atoms with Crippen LogP contribution in [0.15, 0.2) is 24.3 Å². The molecule has 0 spiro atoms. The summed E-state index contributed by atoms with van der Waals surface area (Å²) in [6.45, 7) is 9.48. The molecule has 2 heteroatoms. The van der Waals surface area contributed by atoms with Crippen LogP contribution in [0.25, 0.3) is 0 Å². The van der Waals surface area contributed by atoms with E-state index in [2.05, 4.69) is 48.3 Å². The average molecular weight is 286 g/mol. The first kappa shape index (κ1) is 15.1. The van der Waals surface area contributed by atoms with Crippen molar-refractivity contribution in [2.75, 3.05) is 13.1 Å². The van der Waals surface area contributed by atoms with Crippen molar-refractivity contribution in [3.05, 3.63) is 35.4 Å². The molecule has 1 aliphatic carbocycles. The van der Waals surface area contributed by atoms with Gasteiger partial charge < -0.3 is 5.32 Å². The van der Waals surface area contributed by atoms with Crippen LogP contribution in [0.5, 0.6) is 0 Å². The quantitative estimate of drug-likeness (QED) is 0.881. The van der Waals surface area contributed by atoms with E-state index in [-0.39, 0.29) is 0 Å². The first-order valence-electron chi connectivity index (χ1n) is 8.64. The Morgan fingerprint density at radius 1 is 1.05 bits per heavy atom. The van der Waals surface area contributed by atoms with Gasteiger partial charge in [0, 0.05) is 19.1 Å². The average Bonchev–Trinajstić information content (AvgIpc) is 3.28. The first-order valence-corrected chi connectivity index (χ1v) is 8.64. The molecule has 0 amide bonds. The maximum Gasteiger partial charge on any atom is 0.0233 e. The molecule has 2 fully saturated rings. The van der Waals surface area contributed by atoms with E-state index < -0.39 is 0 Å². The van der Waals surface area contributed by atoms with Crippen LogP contribution in [-0.4, -0.2) is 24.0 Å². The molecule has 0 radical (unpaired) electrons. The maximum absolute atomic E-state index is 3.58. The lowest BCUT2D eigenvalue weighted by molar-refractivity contribution is 0.256. The Labute approximate surface area is 129 Å². The van der Waals surface area contributed by atoms with Crippen molar-refractivity contribution in [1.82, 2.24) is 10.2 Å². The third-order valence-electron chi connectivity index (χ3n) is 5.03. The molecule has 1 saturated heterocycles. The van der Waals surface area contributed by atoms with E-state index in [1.807, 2.05) is 0 Å². The van der Waals surface area contributed by atoms with Gasteiger partial charge in [-0.3, -0.25) is 4.90 Å². The second-order valence-electron chi connectivity index (χ2n) is 7.77. The van der Waals surface area contributed by atoms with Gasteiger partial charge in [0.05, 0.1) is 0 Å². The van der Waals surface area contributed by atoms with E-state index >= 15 is 0 Å². The minimum Gasteiger partial charge on any atom is -0.310 e. The number of nitrogens with zero attached hydrogens (tertiary/aromatic N) is 1. The van der Waals surface area contributed by atoms with Crippen molar-refractivity contribution in [1.29, 1.82) is 0 Å². The predicted molar refractivity (Wildman–Crippen MR) is 89.2 cm³/mol. The maximum atomic E-state index is 3.58. The molecule has 0 atom stereocenters. The molecule has 1 saturated carbocycles. The molecule has 2 aliphatic rings. The number of likely N-dealkylation sites (tertiary alicyclic amines) is 1. The highest BCUT2D eigenvalue weighted by molar-refractivity contribution is 5.22. The minimum atomic E-state index is 0.535. The number of hydrogen-bond acceptors (Lipinski definition) is 2. The van der Waals surface area contributed by atoms with Crippen LogP contribution in [0.3, 0.4) is 0 Å². The lowest BCUT2D eigenvalue weighted by Crippen LogP contribution is -2.25. The predicted octanol–water partition coefficient (Wildman–Crippen LogP) is 3.95. The van der Waals surface area contributed by atoms with Crippen LogP contribution < -0.4 is 5.32 Å². The summed E-state index contributed by atoms with van der Waals surface area (Å²) >= 11 is 0. The fourth-order valence-electron chi connectivity index (χ4n) is 3.21. The number of rotatable bonds is 5. The summed E-state index contributed by atoms with van der Waals surface area (Å²) in [4.78, 5) is 2.63. The zero-order valence-corrected chi connectivity index (χ0v) is 13.7. The van der Waals surface area contributed by atoms with Crippen LogP contribution >= 0.6 is 0 Å². The van der Waals surface area contributed by atoms with Crippen molar-refractivity contribution in [2.24, 2.45) is 5.41 Å². The molecule has 116 valence electrons. The zero-order chi connectivity index (χ0) is 14.7. The fourth-order valence-corrected chi connectivity index (χ4v) is 3.21. The topological polar surface area (TPSA) is 15.3 Å². The van der Waals surface area contributed by atoms with Gasteiger partial charge in [-0.1, -0.05) is 38.1 Å². The summed E-state index contributed by atoms with van der Waals surface area (Å²) in [6, 6.07) is 10.0. The van der Waals surface area contributed by atoms with Crippen LogP contribution in [0, 0.1) is 5.41 Å². The Bertz CT molecular complexity index is 445. The van der Waals surface area contributed by atoms with Crippen molar-refractivity contribution < 1.29 is 0 Å². The molecule has 0 unspecified atom stereocenters. The largest absolute Gasteiger partial charge is 0.310 e. The molecule has 1 aliphatic heterocycles. The van der Waals surface area contributed by atoms with Crippen LogP contribution in [0.4, 0.5) is 0 Å². The number of benzene rings is 1. The summed E-state index contributed by atoms with van der Waals surface area (Å²) in [5.41, 5.74) is 3.42. The van der Waals surface area contributed by atoms with E-state index in [0.29, 0.717) is 5.41 Å². The second kappa shape index (κ2) is 6.50. The van der Waals surface area contributed by atoms with Crippen LogP contribution in [0.1, 0.15) is 57.1 Å². The Morgan fingerprint density at radius 2 is 1.76 bits per heavy atom. The minimum absolute atomic E-state index is 0.535. The third-order valence-corrected chi connectivity index (χ3v) is 5.03. The van der Waals surface area contributed by atoms with Crippen molar-refractivity contribution >= 4 is 0 Å². The monoisotopic (exact) mass is 286 g/mol. The third kappa shape index (κ3) is 4.82. The molecule has 21 heavy (non-hydrogen) atoms. The molecular weight excluding hydrogens is 256 g/mol. The first-order chi connectivity index (χ1) is 10.1. The number of nitrogens with one attached hydrogen (secondary N) is 1. The summed E-state index contributed by atoms with van der Waals surface area (Å²) in [5.74, 6) is 0. The fraction of sp³-hybridized carbons (Fsp3) is 0.684. The van der Waals surface area contributed by atoms with Crippen LogP contribution in [-0.2, 0) is 13.1 Å². The molecule has 2 nitrogen and oxygen atoms in total. The van der Waals surface area contributed by atoms with Crippen LogP contribution in [0.2, 0.25) is 0 Å². The summed E-state index contributed by atoms with van der Waals surface area (Å²) < 4.78 is 0. The van der Waals surface area contributed by atoms with Crippen molar-refractivity contribution in [3.63, 3.8) is 0 Å². The molecular formula is C19H30N2. The molecule has 1 aromatic rings. The highest BCUT2D eigenvalue weighted by Crippen LogP contribution is 2.30. The standard InChI is InChI=1S/C19H30N2/c1-19(2)10-3-12-21(13-11-19)15-17-6-4-16(5-7-17)14-20-18-8-9-18/h4-7,18,20H,3,8-15H2,1-2H3. The van der Waals surface area contributed by atoms with Gasteiger partial charge in [-0.2, -0.15) is 0 Å². The van der Waals surface area contributed by atoms with Gasteiger partial charge in [0.25, 0.3) is 0 Å². The molecule has 1 aromatic carbocycles. The van der Waals surface area contributed by atoms with Gasteiger partial charge >= 0.3 is 0 Å². The summed E-state index contributed by atoms with van der Waals surface area (Å²) in [6.07, 6.45) is 6.77. The lowest BCUT2D eigenvalue weighted by atomic mass is 9.85. The zero-order valence-electron chi connectivity index (χ0n) is 13.7. The summed E-state index contributed by atoms with van der Waals surface area (Å²) in [5, 5.41) is 3.58. The van der Waals surface area contributed by atoms with E-state index in [0.717, 1.165) is 19.1 Å². The van der Waals surface area contributed by atoms with Gasteiger partial charge in [0.15, 0.2) is 0 Å². The highest BCUT2D eigenvalue weighted by Gasteiger charge is 2.23. The SMILES string of the molecule is CC1(C)CCCN(Cc2ccc(CNC3CC3)cc2)CC1. The van der Waals surface area contributed by atoms with Crippen molar-refractivity contribution in [3.8, 4) is 0 Å². The molecule has 1 N–H and O–H groups in total. The molecule has 1 heterocycles. The van der Waals surface area contributed by atoms with Gasteiger partial charge in [0.2, 0.25) is 0 Å². The Morgan fingerprint density at radius 3 is 2.48 bits per heavy atom. The number of hydrogen-bond donors (Lipinski definition) is 1. The Hall–Kier alpha value is -0.860. The lowest BCUT2D eigenvalue weighted by Gasteiger charge is -2.23. The van der Waals surface area contributed by atoms with Gasteiger partial charge in [-0.15, -0.1) is 0 Å². The Balaban J connectivity index is 1.49. The van der Waals surface area contributed by atoms with Gasteiger partial charge in [0.1, 0.15) is 0 Å². The normalized spacial score (nSPS) is 23.0. The van der Waals surface area contributed by atoms with Gasteiger partial charge in [-0.25, -0.2) is 0 Å². The van der Waals surface area contributed by atoms with E-state index in [1.165, 1.54) is 56.3 Å². The molecule has 0 aromatic heterocycles. The Kier molecular flexibility index (Phi) is 4.66. The van der Waals surface area contributed by atoms with Gasteiger partial charge in [-0.05, 0) is 61.7 Å². The van der Waals surface area contributed by atoms with E-state index in [1.54, 1.807) is 0 Å². The van der Waals surface area contributed by atoms with E-state index in [9.17, 15) is 0 Å². The summed E-state index contributed by atoms with van der Waals surface area (Å²) in [7, 11) is 0. The van der Waals surface area contributed by atoms with Crippen molar-refractivity contribution in [2.45, 2.75) is 65.1 Å². The molecule has 3 rings (SSSR count). The van der Waals surface area contributed by atoms with E-state index in [4.69, 9.17) is 0 Å². The molecule has 0 bridgehead atoms. The smallest absolute Gasteiger partial charge is 0.0233 e. The second-order valence-corrected chi connectivity index (χ2v) is 7.77.